The van der Waals surface area contributed by atoms with Crippen molar-refractivity contribution in [3.05, 3.63) is 29.8 Å². The summed E-state index contributed by atoms with van der Waals surface area (Å²) in [7, 11) is 3.21. The summed E-state index contributed by atoms with van der Waals surface area (Å²) in [5, 5.41) is 0. The van der Waals surface area contributed by atoms with Gasteiger partial charge in [-0.05, 0) is 61.3 Å². The van der Waals surface area contributed by atoms with Crippen molar-refractivity contribution < 1.29 is 19.1 Å². The Bertz CT molecular complexity index is 846. The molecule has 0 unspecified atom stereocenters. The van der Waals surface area contributed by atoms with E-state index in [0.29, 0.717) is 48.2 Å². The molecule has 0 radical (unpaired) electrons. The van der Waals surface area contributed by atoms with E-state index in [4.69, 9.17) is 9.47 Å². The number of hydrogen-bond donors (Lipinski definition) is 0. The molecule has 3 aliphatic rings. The lowest BCUT2D eigenvalue weighted by Gasteiger charge is -2.48. The maximum absolute atomic E-state index is 12.9. The topological polar surface area (TPSA) is 59.1 Å². The number of piperidine rings is 2. The van der Waals surface area contributed by atoms with Crippen molar-refractivity contribution in [2.24, 2.45) is 11.8 Å². The van der Waals surface area contributed by atoms with Gasteiger partial charge in [-0.2, -0.15) is 0 Å². The smallest absolute Gasteiger partial charge is 0.246 e. The van der Waals surface area contributed by atoms with E-state index in [1.54, 1.807) is 20.3 Å². The van der Waals surface area contributed by atoms with Crippen molar-refractivity contribution in [2.75, 3.05) is 33.9 Å². The van der Waals surface area contributed by atoms with Crippen LogP contribution in [0.1, 0.15) is 56.9 Å². The van der Waals surface area contributed by atoms with E-state index >= 15 is 0 Å². The number of methoxy groups -OCH3 is 2. The molecular formula is C26H36N2O4. The van der Waals surface area contributed by atoms with E-state index in [-0.39, 0.29) is 5.91 Å². The molecule has 2 heterocycles. The summed E-state index contributed by atoms with van der Waals surface area (Å²) in [5.41, 5.74) is 0.896. The predicted molar refractivity (Wildman–Crippen MR) is 125 cm³/mol. The van der Waals surface area contributed by atoms with Crippen molar-refractivity contribution in [1.82, 2.24) is 9.80 Å². The van der Waals surface area contributed by atoms with Crippen molar-refractivity contribution >= 4 is 17.9 Å². The molecule has 1 aliphatic carbocycles. The Balaban J connectivity index is 1.36. The summed E-state index contributed by atoms with van der Waals surface area (Å²) < 4.78 is 10.6. The number of rotatable bonds is 6. The number of likely N-dealkylation sites (tertiary alicyclic amines) is 2. The monoisotopic (exact) mass is 440 g/mol. The summed E-state index contributed by atoms with van der Waals surface area (Å²) in [5.74, 6) is 2.73. The first kappa shape index (κ1) is 22.7. The van der Waals surface area contributed by atoms with Gasteiger partial charge in [-0.15, -0.1) is 0 Å². The summed E-state index contributed by atoms with van der Waals surface area (Å²) >= 11 is 0. The zero-order valence-electron chi connectivity index (χ0n) is 19.4. The fourth-order valence-corrected chi connectivity index (χ4v) is 5.67. The van der Waals surface area contributed by atoms with Gasteiger partial charge < -0.3 is 19.3 Å². The minimum absolute atomic E-state index is 0.0361. The highest BCUT2D eigenvalue weighted by atomic mass is 16.5. The van der Waals surface area contributed by atoms with Gasteiger partial charge in [0.2, 0.25) is 11.8 Å². The zero-order chi connectivity index (χ0) is 22.5. The minimum atomic E-state index is 0.0361. The van der Waals surface area contributed by atoms with E-state index in [2.05, 4.69) is 4.90 Å². The number of carbonyl (C=O) groups is 2. The van der Waals surface area contributed by atoms with Crippen LogP contribution in [0, 0.1) is 11.8 Å². The van der Waals surface area contributed by atoms with E-state index in [1.807, 2.05) is 29.2 Å². The normalized spacial score (nSPS) is 24.5. The molecule has 1 aromatic carbocycles. The summed E-state index contributed by atoms with van der Waals surface area (Å²) in [6.07, 6.45) is 12.3. The molecule has 2 atom stereocenters. The number of nitrogens with zero attached hydrogens (tertiary/aromatic N) is 2. The van der Waals surface area contributed by atoms with Gasteiger partial charge in [-0.1, -0.05) is 25.3 Å². The number of fused-ring (bicyclic) bond motifs is 1. The van der Waals surface area contributed by atoms with Gasteiger partial charge in [0.15, 0.2) is 11.5 Å². The van der Waals surface area contributed by atoms with Crippen LogP contribution < -0.4 is 9.47 Å². The Morgan fingerprint density at radius 2 is 1.84 bits per heavy atom. The maximum atomic E-state index is 12.9. The largest absolute Gasteiger partial charge is 0.493 e. The zero-order valence-corrected chi connectivity index (χ0v) is 19.4. The molecule has 0 bridgehead atoms. The Morgan fingerprint density at radius 1 is 1.06 bits per heavy atom. The molecule has 2 aliphatic heterocycles. The molecule has 0 aromatic heterocycles. The van der Waals surface area contributed by atoms with Crippen LogP contribution in [0.15, 0.2) is 24.3 Å². The average molecular weight is 441 g/mol. The van der Waals surface area contributed by atoms with Crippen LogP contribution in [0.4, 0.5) is 0 Å². The third kappa shape index (κ3) is 5.11. The minimum Gasteiger partial charge on any atom is -0.493 e. The van der Waals surface area contributed by atoms with Gasteiger partial charge in [-0.3, -0.25) is 9.59 Å². The van der Waals surface area contributed by atoms with Crippen LogP contribution in [0.2, 0.25) is 0 Å². The highest BCUT2D eigenvalue weighted by Crippen LogP contribution is 2.34. The van der Waals surface area contributed by atoms with Crippen LogP contribution >= 0.6 is 0 Å². The molecule has 1 saturated carbocycles. The number of carbonyl (C=O) groups excluding carboxylic acids is 2. The molecule has 6 nitrogen and oxygen atoms in total. The van der Waals surface area contributed by atoms with Gasteiger partial charge in [0.25, 0.3) is 0 Å². The molecule has 174 valence electrons. The summed E-state index contributed by atoms with van der Waals surface area (Å²) in [4.78, 5) is 29.7. The number of amides is 2. The van der Waals surface area contributed by atoms with Gasteiger partial charge >= 0.3 is 0 Å². The lowest BCUT2D eigenvalue weighted by atomic mass is 9.81. The van der Waals surface area contributed by atoms with E-state index in [1.165, 1.54) is 32.1 Å². The fourth-order valence-electron chi connectivity index (χ4n) is 5.67. The molecule has 1 aromatic rings. The second-order valence-corrected chi connectivity index (χ2v) is 9.44. The van der Waals surface area contributed by atoms with Crippen LogP contribution in [0.5, 0.6) is 11.5 Å². The third-order valence-electron chi connectivity index (χ3n) is 7.46. The van der Waals surface area contributed by atoms with Crippen molar-refractivity contribution in [2.45, 2.75) is 57.4 Å². The second kappa shape index (κ2) is 10.4. The van der Waals surface area contributed by atoms with Crippen LogP contribution in [-0.4, -0.2) is 61.5 Å². The maximum Gasteiger partial charge on any atom is 0.246 e. The molecule has 2 amide bonds. The molecule has 4 rings (SSSR count). The van der Waals surface area contributed by atoms with Crippen molar-refractivity contribution in [1.29, 1.82) is 0 Å². The van der Waals surface area contributed by atoms with Crippen LogP contribution in [0.3, 0.4) is 0 Å². The first-order valence-corrected chi connectivity index (χ1v) is 12.1. The van der Waals surface area contributed by atoms with E-state index in [0.717, 1.165) is 31.5 Å². The lowest BCUT2D eigenvalue weighted by molar-refractivity contribution is -0.144. The summed E-state index contributed by atoms with van der Waals surface area (Å²) in [6.45, 7) is 2.38. The van der Waals surface area contributed by atoms with Crippen molar-refractivity contribution in [3.63, 3.8) is 0 Å². The Labute approximate surface area is 191 Å². The van der Waals surface area contributed by atoms with E-state index < -0.39 is 0 Å². The third-order valence-corrected chi connectivity index (χ3v) is 7.46. The first-order valence-electron chi connectivity index (χ1n) is 12.1. The molecule has 3 fully saturated rings. The van der Waals surface area contributed by atoms with Gasteiger partial charge in [-0.25, -0.2) is 0 Å². The molecule has 2 saturated heterocycles. The average Bonchev–Trinajstić information content (AvgIpc) is 2.84. The highest BCUT2D eigenvalue weighted by Gasteiger charge is 2.40. The van der Waals surface area contributed by atoms with Gasteiger partial charge in [0.1, 0.15) is 0 Å². The molecular weight excluding hydrogens is 404 g/mol. The summed E-state index contributed by atoms with van der Waals surface area (Å²) in [6, 6.07) is 5.92. The Hall–Kier alpha value is -2.50. The Kier molecular flexibility index (Phi) is 7.38. The molecule has 0 spiro atoms. The first-order chi connectivity index (χ1) is 15.6. The SMILES string of the molecule is COc1ccc(/C=C/C(=O)N2CC[C@H]3[C@H](CCC(=O)N3CC3CCCCC3)C2)cc1OC. The molecule has 32 heavy (non-hydrogen) atoms. The second-order valence-electron chi connectivity index (χ2n) is 9.44. The molecule has 0 N–H and O–H groups in total. The van der Waals surface area contributed by atoms with Crippen molar-refractivity contribution in [3.8, 4) is 11.5 Å². The lowest BCUT2D eigenvalue weighted by Crippen LogP contribution is -2.57. The van der Waals surface area contributed by atoms with Crippen LogP contribution in [-0.2, 0) is 9.59 Å². The highest BCUT2D eigenvalue weighted by molar-refractivity contribution is 5.92. The fraction of sp³-hybridized carbons (Fsp3) is 0.615. The predicted octanol–water partition coefficient (Wildman–Crippen LogP) is 4.14. The number of hydrogen-bond acceptors (Lipinski definition) is 4. The van der Waals surface area contributed by atoms with Gasteiger partial charge in [0, 0.05) is 38.2 Å². The Morgan fingerprint density at radius 3 is 2.59 bits per heavy atom. The van der Waals surface area contributed by atoms with E-state index in [9.17, 15) is 9.59 Å². The standard InChI is InChI=1S/C26H36N2O4/c1-31-23-11-8-19(16-24(23)32-2)9-12-25(29)27-15-14-22-21(18-27)10-13-26(30)28(22)17-20-6-4-3-5-7-20/h8-9,11-12,16,20-22H,3-7,10,13-15,17-18H2,1-2H3/b12-9+/t21-,22+/m1/s1. The van der Waals surface area contributed by atoms with Gasteiger partial charge in [0.05, 0.1) is 14.2 Å². The number of benzene rings is 1. The quantitative estimate of drug-likeness (QED) is 0.624. The van der Waals surface area contributed by atoms with Crippen LogP contribution in [0.25, 0.3) is 6.08 Å². The molecule has 6 heteroatoms. The number of ether oxygens (including phenoxy) is 2.